The maximum Gasteiger partial charge on any atom is 0.275 e. The highest BCUT2D eigenvalue weighted by Crippen LogP contribution is 2.15. The van der Waals surface area contributed by atoms with Crippen LogP contribution >= 0.6 is 11.3 Å². The summed E-state index contributed by atoms with van der Waals surface area (Å²) in [5, 5.41) is 8.11. The third-order valence-electron chi connectivity index (χ3n) is 3.70. The van der Waals surface area contributed by atoms with Crippen LogP contribution in [0.25, 0.3) is 0 Å². The van der Waals surface area contributed by atoms with Gasteiger partial charge in [0.25, 0.3) is 11.8 Å². The van der Waals surface area contributed by atoms with Crippen molar-refractivity contribution < 1.29 is 9.59 Å². The fourth-order valence-electron chi connectivity index (χ4n) is 1.88. The predicted octanol–water partition coefficient (Wildman–Crippen LogP) is 2.77. The lowest BCUT2D eigenvalue weighted by atomic mass is 10.0. The first kappa shape index (κ1) is 18.1. The first-order chi connectivity index (χ1) is 11.3. The van der Waals surface area contributed by atoms with E-state index in [0.717, 1.165) is 6.42 Å². The zero-order valence-electron chi connectivity index (χ0n) is 14.1. The van der Waals surface area contributed by atoms with Gasteiger partial charge in [0.05, 0.1) is 0 Å². The number of carbonyl (C=O) groups is 2. The third-order valence-corrected chi connectivity index (χ3v) is 4.57. The molecule has 24 heavy (non-hydrogen) atoms. The van der Waals surface area contributed by atoms with Gasteiger partial charge in [0, 0.05) is 28.7 Å². The van der Waals surface area contributed by atoms with E-state index < -0.39 is 0 Å². The van der Waals surface area contributed by atoms with Crippen LogP contribution in [0.15, 0.2) is 29.6 Å². The van der Waals surface area contributed by atoms with Crippen LogP contribution in [0.3, 0.4) is 0 Å². The van der Waals surface area contributed by atoms with Gasteiger partial charge in [-0.25, -0.2) is 4.98 Å². The Morgan fingerprint density at radius 2 is 1.88 bits per heavy atom. The smallest absolute Gasteiger partial charge is 0.275 e. The molecule has 0 fully saturated rings. The number of hydrogen-bond donors (Lipinski definition) is 3. The molecule has 0 aliphatic carbocycles. The molecule has 0 spiro atoms. The average Bonchev–Trinajstić information content (AvgIpc) is 3.04. The van der Waals surface area contributed by atoms with E-state index >= 15 is 0 Å². The Balaban J connectivity index is 2.01. The Bertz CT molecular complexity index is 722. The van der Waals surface area contributed by atoms with Crippen LogP contribution in [0.4, 0.5) is 5.69 Å². The van der Waals surface area contributed by atoms with Crippen molar-refractivity contribution in [2.24, 2.45) is 5.73 Å². The zero-order valence-corrected chi connectivity index (χ0v) is 14.9. The standard InChI is InChI=1S/C17H22N4O2S/c1-4-17(2,3)21-15(22)11-5-7-12(8-6-11)19-16(23)13-10-24-14(9-18)20-13/h5-8,10H,4,9,18H2,1-3H3,(H,19,23)(H,21,22). The molecule has 0 bridgehead atoms. The summed E-state index contributed by atoms with van der Waals surface area (Å²) in [5.41, 5.74) is 6.73. The van der Waals surface area contributed by atoms with E-state index in [2.05, 4.69) is 15.6 Å². The second-order valence-electron chi connectivity index (χ2n) is 6.05. The highest BCUT2D eigenvalue weighted by Gasteiger charge is 2.18. The van der Waals surface area contributed by atoms with Crippen molar-refractivity contribution in [2.45, 2.75) is 39.3 Å². The lowest BCUT2D eigenvalue weighted by Gasteiger charge is -2.24. The van der Waals surface area contributed by atoms with Crippen molar-refractivity contribution in [3.05, 3.63) is 45.9 Å². The normalized spacial score (nSPS) is 11.2. The van der Waals surface area contributed by atoms with Crippen LogP contribution in [-0.4, -0.2) is 22.3 Å². The number of aromatic nitrogens is 1. The van der Waals surface area contributed by atoms with E-state index in [4.69, 9.17) is 5.73 Å². The molecule has 0 aliphatic rings. The number of carbonyl (C=O) groups excluding carboxylic acids is 2. The predicted molar refractivity (Wildman–Crippen MR) is 96.2 cm³/mol. The van der Waals surface area contributed by atoms with Crippen LogP contribution in [0.5, 0.6) is 0 Å². The van der Waals surface area contributed by atoms with Crippen LogP contribution in [0.2, 0.25) is 0 Å². The molecule has 6 nitrogen and oxygen atoms in total. The van der Waals surface area contributed by atoms with Crippen molar-refractivity contribution in [3.8, 4) is 0 Å². The van der Waals surface area contributed by atoms with Gasteiger partial charge in [-0.05, 0) is 44.5 Å². The molecule has 0 saturated carbocycles. The van der Waals surface area contributed by atoms with Gasteiger partial charge in [-0.15, -0.1) is 11.3 Å². The first-order valence-corrected chi connectivity index (χ1v) is 8.61. The molecule has 2 amide bonds. The monoisotopic (exact) mass is 346 g/mol. The van der Waals surface area contributed by atoms with Gasteiger partial charge >= 0.3 is 0 Å². The quantitative estimate of drug-likeness (QED) is 0.749. The largest absolute Gasteiger partial charge is 0.347 e. The number of thiazole rings is 1. The maximum atomic E-state index is 12.2. The third kappa shape index (κ3) is 4.62. The molecule has 0 radical (unpaired) electrons. The second-order valence-corrected chi connectivity index (χ2v) is 7.00. The number of rotatable bonds is 6. The van der Waals surface area contributed by atoms with E-state index in [1.54, 1.807) is 29.6 Å². The lowest BCUT2D eigenvalue weighted by molar-refractivity contribution is 0.0911. The molecule has 7 heteroatoms. The second kappa shape index (κ2) is 7.55. The molecule has 1 aromatic carbocycles. The van der Waals surface area contributed by atoms with E-state index in [1.807, 2.05) is 20.8 Å². The Labute approximate surface area is 145 Å². The summed E-state index contributed by atoms with van der Waals surface area (Å²) in [6.07, 6.45) is 0.839. The van der Waals surface area contributed by atoms with Gasteiger partial charge in [0.15, 0.2) is 0 Å². The maximum absolute atomic E-state index is 12.2. The van der Waals surface area contributed by atoms with Gasteiger partial charge in [0.1, 0.15) is 10.7 Å². The SMILES string of the molecule is CCC(C)(C)NC(=O)c1ccc(NC(=O)c2csc(CN)n2)cc1. The van der Waals surface area contributed by atoms with Gasteiger partial charge < -0.3 is 16.4 Å². The molecule has 1 aromatic heterocycles. The molecule has 4 N–H and O–H groups in total. The summed E-state index contributed by atoms with van der Waals surface area (Å²) >= 11 is 1.35. The fourth-order valence-corrected chi connectivity index (χ4v) is 2.53. The minimum absolute atomic E-state index is 0.133. The Morgan fingerprint density at radius 3 is 2.42 bits per heavy atom. The van der Waals surface area contributed by atoms with E-state index in [9.17, 15) is 9.59 Å². The summed E-state index contributed by atoms with van der Waals surface area (Å²) in [5.74, 6) is -0.429. The van der Waals surface area contributed by atoms with Gasteiger partial charge in [-0.2, -0.15) is 0 Å². The molecule has 0 saturated heterocycles. The fraction of sp³-hybridized carbons (Fsp3) is 0.353. The minimum atomic E-state index is -0.296. The average molecular weight is 346 g/mol. The molecule has 0 aliphatic heterocycles. The van der Waals surface area contributed by atoms with Crippen molar-refractivity contribution in [3.63, 3.8) is 0 Å². The number of nitrogens with one attached hydrogen (secondary N) is 2. The van der Waals surface area contributed by atoms with E-state index in [-0.39, 0.29) is 17.4 Å². The Morgan fingerprint density at radius 1 is 1.21 bits per heavy atom. The Hall–Kier alpha value is -2.25. The number of nitrogens with zero attached hydrogens (tertiary/aromatic N) is 1. The topological polar surface area (TPSA) is 97.1 Å². The Kier molecular flexibility index (Phi) is 5.69. The van der Waals surface area contributed by atoms with Crippen LogP contribution < -0.4 is 16.4 Å². The van der Waals surface area contributed by atoms with Crippen molar-refractivity contribution >= 4 is 28.8 Å². The number of anilines is 1. The van der Waals surface area contributed by atoms with E-state index in [1.165, 1.54) is 11.3 Å². The van der Waals surface area contributed by atoms with Crippen LogP contribution in [-0.2, 0) is 6.54 Å². The summed E-state index contributed by atoms with van der Waals surface area (Å²) in [6, 6.07) is 6.76. The van der Waals surface area contributed by atoms with E-state index in [0.29, 0.717) is 28.5 Å². The molecular weight excluding hydrogens is 324 g/mol. The van der Waals surface area contributed by atoms with Gasteiger partial charge in [-0.1, -0.05) is 6.92 Å². The number of hydrogen-bond acceptors (Lipinski definition) is 5. The zero-order chi connectivity index (χ0) is 17.7. The minimum Gasteiger partial charge on any atom is -0.347 e. The van der Waals surface area contributed by atoms with Crippen LogP contribution in [0.1, 0.15) is 53.0 Å². The molecule has 2 aromatic rings. The molecule has 1 heterocycles. The van der Waals surface area contributed by atoms with Crippen LogP contribution in [0, 0.1) is 0 Å². The highest BCUT2D eigenvalue weighted by atomic mass is 32.1. The summed E-state index contributed by atoms with van der Waals surface area (Å²) < 4.78 is 0. The molecule has 128 valence electrons. The van der Waals surface area contributed by atoms with Gasteiger partial charge in [0.2, 0.25) is 0 Å². The summed E-state index contributed by atoms with van der Waals surface area (Å²) in [7, 11) is 0. The number of benzene rings is 1. The number of amides is 2. The number of nitrogens with two attached hydrogens (primary N) is 1. The first-order valence-electron chi connectivity index (χ1n) is 7.73. The molecule has 0 atom stereocenters. The highest BCUT2D eigenvalue weighted by molar-refractivity contribution is 7.09. The molecular formula is C17H22N4O2S. The lowest BCUT2D eigenvalue weighted by Crippen LogP contribution is -2.42. The molecule has 2 rings (SSSR count). The summed E-state index contributed by atoms with van der Waals surface area (Å²) in [6.45, 7) is 6.29. The van der Waals surface area contributed by atoms with Gasteiger partial charge in [-0.3, -0.25) is 9.59 Å². The van der Waals surface area contributed by atoms with Crippen molar-refractivity contribution in [2.75, 3.05) is 5.32 Å². The molecule has 0 unspecified atom stereocenters. The summed E-state index contributed by atoms with van der Waals surface area (Å²) in [4.78, 5) is 28.4. The van der Waals surface area contributed by atoms with Crippen molar-refractivity contribution in [1.82, 2.24) is 10.3 Å². The van der Waals surface area contributed by atoms with Crippen molar-refractivity contribution in [1.29, 1.82) is 0 Å².